The Bertz CT molecular complexity index is 575. The van der Waals surface area contributed by atoms with Gasteiger partial charge in [0.1, 0.15) is 12.1 Å². The number of carbonyl (C=O) groups is 1. The highest BCUT2D eigenvalue weighted by molar-refractivity contribution is 6.35. The van der Waals surface area contributed by atoms with Crippen LogP contribution in [0.4, 0.5) is 5.95 Å². The number of hydrogen-bond acceptors (Lipinski definition) is 4. The lowest BCUT2D eigenvalue weighted by molar-refractivity contribution is -0.116. The van der Waals surface area contributed by atoms with E-state index in [-0.39, 0.29) is 5.91 Å². The number of aromatic nitrogens is 3. The predicted molar refractivity (Wildman–Crippen MR) is 76.2 cm³/mol. The van der Waals surface area contributed by atoms with Crippen molar-refractivity contribution >= 4 is 35.1 Å². The van der Waals surface area contributed by atoms with Gasteiger partial charge in [-0.15, -0.1) is 0 Å². The first-order chi connectivity index (χ1) is 9.65. The van der Waals surface area contributed by atoms with Gasteiger partial charge in [0.15, 0.2) is 0 Å². The van der Waals surface area contributed by atoms with Crippen molar-refractivity contribution < 1.29 is 9.53 Å². The van der Waals surface area contributed by atoms with Crippen molar-refractivity contribution in [2.24, 2.45) is 0 Å². The summed E-state index contributed by atoms with van der Waals surface area (Å²) in [5, 5.41) is 9.74. The summed E-state index contributed by atoms with van der Waals surface area (Å²) in [7, 11) is 0. The number of anilines is 1. The van der Waals surface area contributed by atoms with Crippen molar-refractivity contribution in [2.45, 2.75) is 12.8 Å². The van der Waals surface area contributed by atoms with Crippen molar-refractivity contribution in [3.8, 4) is 5.75 Å². The van der Waals surface area contributed by atoms with Gasteiger partial charge in [-0.05, 0) is 24.6 Å². The second-order valence-corrected chi connectivity index (χ2v) is 4.75. The summed E-state index contributed by atoms with van der Waals surface area (Å²) in [6.45, 7) is 0.380. The maximum absolute atomic E-state index is 11.5. The molecule has 0 unspecified atom stereocenters. The SMILES string of the molecule is O=C(CCCOc1ccc(Cl)cc1Cl)Nc1ncn[nH]1. The van der Waals surface area contributed by atoms with Gasteiger partial charge in [0.25, 0.3) is 0 Å². The molecule has 0 fully saturated rings. The van der Waals surface area contributed by atoms with E-state index in [0.29, 0.717) is 41.2 Å². The molecule has 0 saturated carbocycles. The van der Waals surface area contributed by atoms with Crippen LogP contribution in [0.5, 0.6) is 5.75 Å². The van der Waals surface area contributed by atoms with E-state index in [9.17, 15) is 4.79 Å². The van der Waals surface area contributed by atoms with Crippen LogP contribution in [0.3, 0.4) is 0 Å². The minimum absolute atomic E-state index is 0.160. The summed E-state index contributed by atoms with van der Waals surface area (Å²) in [6.07, 6.45) is 2.19. The van der Waals surface area contributed by atoms with E-state index >= 15 is 0 Å². The molecule has 0 bridgehead atoms. The van der Waals surface area contributed by atoms with Crippen LogP contribution in [0.25, 0.3) is 0 Å². The summed E-state index contributed by atoms with van der Waals surface area (Å²) < 4.78 is 5.47. The minimum Gasteiger partial charge on any atom is -0.492 e. The van der Waals surface area contributed by atoms with Crippen molar-refractivity contribution in [3.05, 3.63) is 34.6 Å². The van der Waals surface area contributed by atoms with E-state index in [4.69, 9.17) is 27.9 Å². The Balaban J connectivity index is 1.69. The van der Waals surface area contributed by atoms with Crippen LogP contribution in [-0.4, -0.2) is 27.7 Å². The Hall–Kier alpha value is -1.79. The number of amides is 1. The maximum Gasteiger partial charge on any atom is 0.226 e. The van der Waals surface area contributed by atoms with Gasteiger partial charge in [-0.1, -0.05) is 23.2 Å². The largest absolute Gasteiger partial charge is 0.492 e. The highest BCUT2D eigenvalue weighted by Crippen LogP contribution is 2.27. The number of nitrogens with zero attached hydrogens (tertiary/aromatic N) is 2. The molecule has 6 nitrogen and oxygen atoms in total. The topological polar surface area (TPSA) is 79.9 Å². The van der Waals surface area contributed by atoms with Crippen LogP contribution in [0.15, 0.2) is 24.5 Å². The molecule has 1 aromatic carbocycles. The molecule has 0 aliphatic rings. The molecule has 0 radical (unpaired) electrons. The number of rotatable bonds is 6. The minimum atomic E-state index is -0.160. The van der Waals surface area contributed by atoms with Crippen molar-refractivity contribution in [1.82, 2.24) is 15.2 Å². The zero-order valence-corrected chi connectivity index (χ0v) is 11.9. The van der Waals surface area contributed by atoms with E-state index in [1.165, 1.54) is 6.33 Å². The summed E-state index contributed by atoms with van der Waals surface area (Å²) in [6, 6.07) is 4.99. The number of ether oxygens (including phenoxy) is 1. The van der Waals surface area contributed by atoms with Crippen LogP contribution < -0.4 is 10.1 Å². The van der Waals surface area contributed by atoms with E-state index in [2.05, 4.69) is 20.5 Å². The van der Waals surface area contributed by atoms with Gasteiger partial charge in [0, 0.05) is 11.4 Å². The van der Waals surface area contributed by atoms with Crippen LogP contribution in [0.2, 0.25) is 10.0 Å². The van der Waals surface area contributed by atoms with Gasteiger partial charge < -0.3 is 4.74 Å². The first-order valence-corrected chi connectivity index (χ1v) is 6.64. The number of nitrogens with one attached hydrogen (secondary N) is 2. The summed E-state index contributed by atoms with van der Waals surface area (Å²) in [5.41, 5.74) is 0. The van der Waals surface area contributed by atoms with E-state index in [1.54, 1.807) is 18.2 Å². The van der Waals surface area contributed by atoms with Crippen LogP contribution in [0, 0.1) is 0 Å². The van der Waals surface area contributed by atoms with Gasteiger partial charge in [-0.2, -0.15) is 10.1 Å². The maximum atomic E-state index is 11.5. The molecule has 8 heteroatoms. The molecule has 0 aliphatic heterocycles. The molecule has 106 valence electrons. The fourth-order valence-electron chi connectivity index (χ4n) is 1.47. The molecule has 2 aromatic rings. The van der Waals surface area contributed by atoms with Crippen LogP contribution in [0.1, 0.15) is 12.8 Å². The summed E-state index contributed by atoms with van der Waals surface area (Å²) >= 11 is 11.7. The molecular formula is C12H12Cl2N4O2. The summed E-state index contributed by atoms with van der Waals surface area (Å²) in [4.78, 5) is 15.3. The fraction of sp³-hybridized carbons (Fsp3) is 0.250. The Labute approximate surface area is 125 Å². The highest BCUT2D eigenvalue weighted by Gasteiger charge is 2.05. The number of halogens is 2. The molecular weight excluding hydrogens is 303 g/mol. The van der Waals surface area contributed by atoms with E-state index in [0.717, 1.165) is 0 Å². The fourth-order valence-corrected chi connectivity index (χ4v) is 1.93. The molecule has 0 atom stereocenters. The zero-order valence-electron chi connectivity index (χ0n) is 10.4. The van der Waals surface area contributed by atoms with Crippen molar-refractivity contribution in [3.63, 3.8) is 0 Å². The van der Waals surface area contributed by atoms with Gasteiger partial charge in [0.05, 0.1) is 11.6 Å². The molecule has 2 N–H and O–H groups in total. The molecule has 0 saturated heterocycles. The van der Waals surface area contributed by atoms with Crippen molar-refractivity contribution in [2.75, 3.05) is 11.9 Å². The molecule has 1 amide bonds. The van der Waals surface area contributed by atoms with Gasteiger partial charge in [0.2, 0.25) is 11.9 Å². The molecule has 0 spiro atoms. The van der Waals surface area contributed by atoms with Gasteiger partial charge >= 0.3 is 0 Å². The first kappa shape index (κ1) is 14.6. The standard InChI is InChI=1S/C12H12Cl2N4O2/c13-8-3-4-10(9(14)6-8)20-5-1-2-11(19)17-12-15-7-16-18-12/h3-4,6-7H,1-2,5H2,(H2,15,16,17,18,19). The first-order valence-electron chi connectivity index (χ1n) is 5.88. The summed E-state index contributed by atoms with van der Waals surface area (Å²) in [5.74, 6) is 0.718. The Morgan fingerprint density at radius 2 is 2.25 bits per heavy atom. The second-order valence-electron chi connectivity index (χ2n) is 3.91. The molecule has 1 heterocycles. The third-order valence-corrected chi connectivity index (χ3v) is 2.90. The second kappa shape index (κ2) is 7.12. The quantitative estimate of drug-likeness (QED) is 0.803. The monoisotopic (exact) mass is 314 g/mol. The lowest BCUT2D eigenvalue weighted by Crippen LogP contribution is -2.13. The molecule has 2 rings (SSSR count). The Morgan fingerprint density at radius 3 is 2.95 bits per heavy atom. The smallest absolute Gasteiger partial charge is 0.226 e. The zero-order chi connectivity index (χ0) is 14.4. The normalized spacial score (nSPS) is 10.3. The third-order valence-electron chi connectivity index (χ3n) is 2.37. The number of carbonyl (C=O) groups excluding carboxylic acids is 1. The molecule has 1 aromatic heterocycles. The molecule has 20 heavy (non-hydrogen) atoms. The van der Waals surface area contributed by atoms with Crippen LogP contribution in [-0.2, 0) is 4.79 Å². The van der Waals surface area contributed by atoms with E-state index in [1.807, 2.05) is 0 Å². The predicted octanol–water partition coefficient (Wildman–Crippen LogP) is 2.91. The van der Waals surface area contributed by atoms with Crippen LogP contribution >= 0.6 is 23.2 Å². The average Bonchev–Trinajstić information content (AvgIpc) is 2.89. The van der Waals surface area contributed by atoms with E-state index < -0.39 is 0 Å². The lowest BCUT2D eigenvalue weighted by atomic mass is 10.3. The van der Waals surface area contributed by atoms with Gasteiger partial charge in [-0.25, -0.2) is 5.10 Å². The van der Waals surface area contributed by atoms with Crippen molar-refractivity contribution in [1.29, 1.82) is 0 Å². The van der Waals surface area contributed by atoms with Gasteiger partial charge in [-0.3, -0.25) is 10.1 Å². The number of H-pyrrole nitrogens is 1. The third kappa shape index (κ3) is 4.40. The number of benzene rings is 1. The lowest BCUT2D eigenvalue weighted by Gasteiger charge is -2.08. The Morgan fingerprint density at radius 1 is 1.40 bits per heavy atom. The Kier molecular flexibility index (Phi) is 5.20. The average molecular weight is 315 g/mol. The molecule has 0 aliphatic carbocycles. The number of aromatic amines is 1. The number of hydrogen-bond donors (Lipinski definition) is 2. The highest BCUT2D eigenvalue weighted by atomic mass is 35.5.